The molecule has 8 N–H and O–H groups in total. The number of nitrogens with one attached hydrogen (secondary N) is 4. The fraction of sp³-hybridized carbons (Fsp3) is 0.367. The second kappa shape index (κ2) is 13.7. The highest BCUT2D eigenvalue weighted by Crippen LogP contribution is 2.28. The number of fused-ring (bicyclic) bond motifs is 2. The van der Waals surface area contributed by atoms with Crippen molar-refractivity contribution in [1.29, 1.82) is 0 Å². The summed E-state index contributed by atoms with van der Waals surface area (Å²) in [5, 5.41) is 10.2. The Labute approximate surface area is 243 Å². The summed E-state index contributed by atoms with van der Waals surface area (Å²) in [6.45, 7) is 1.57. The molecule has 3 amide bonds. The number of carbonyl (C=O) groups excluding carboxylic acids is 4. The average molecular weight is 576 g/mol. The number of nitrogens with two attached hydrogens (primary N) is 2. The lowest BCUT2D eigenvalue weighted by atomic mass is 10.0. The number of methoxy groups -OCH3 is 1. The van der Waals surface area contributed by atoms with Crippen LogP contribution in [0.15, 0.2) is 53.5 Å². The van der Waals surface area contributed by atoms with Gasteiger partial charge in [0.25, 0.3) is 0 Å². The van der Waals surface area contributed by atoms with E-state index in [9.17, 15) is 19.2 Å². The summed E-state index contributed by atoms with van der Waals surface area (Å²) in [7, 11) is 1.25. The number of guanidine groups is 1. The van der Waals surface area contributed by atoms with Crippen molar-refractivity contribution in [2.45, 2.75) is 57.2 Å². The van der Waals surface area contributed by atoms with Crippen LogP contribution in [-0.4, -0.2) is 66.4 Å². The Morgan fingerprint density at radius 3 is 2.36 bits per heavy atom. The van der Waals surface area contributed by atoms with Crippen LogP contribution in [-0.2, 0) is 36.8 Å². The first-order valence-corrected chi connectivity index (χ1v) is 13.8. The fourth-order valence-corrected chi connectivity index (χ4v) is 5.06. The molecule has 0 saturated heterocycles. The molecule has 0 saturated carbocycles. The van der Waals surface area contributed by atoms with Gasteiger partial charge in [0.1, 0.15) is 18.1 Å². The van der Waals surface area contributed by atoms with Crippen molar-refractivity contribution in [3.63, 3.8) is 0 Å². The van der Waals surface area contributed by atoms with Crippen molar-refractivity contribution >= 4 is 51.5 Å². The largest absolute Gasteiger partial charge is 0.467 e. The Hall–Kier alpha value is -4.87. The number of allylic oxidation sites excluding steroid dienone is 1. The summed E-state index contributed by atoms with van der Waals surface area (Å²) in [6, 6.07) is 9.10. The third kappa shape index (κ3) is 7.65. The second-order valence-corrected chi connectivity index (χ2v) is 10.3. The summed E-state index contributed by atoms with van der Waals surface area (Å²) in [5.41, 5.74) is 14.7. The molecule has 1 aromatic heterocycles. The molecular formula is C30H37N7O5. The lowest BCUT2D eigenvalue weighted by Gasteiger charge is -2.24. The second-order valence-electron chi connectivity index (χ2n) is 10.3. The van der Waals surface area contributed by atoms with E-state index in [0.29, 0.717) is 12.8 Å². The number of carbonyl (C=O) groups is 4. The normalized spacial score (nSPS) is 20.5. The van der Waals surface area contributed by atoms with Crippen LogP contribution in [0.5, 0.6) is 0 Å². The van der Waals surface area contributed by atoms with Gasteiger partial charge in [0.2, 0.25) is 17.7 Å². The van der Waals surface area contributed by atoms with Crippen LogP contribution in [0, 0.1) is 0 Å². The quantitative estimate of drug-likeness (QED) is 0.0831. The highest BCUT2D eigenvalue weighted by Gasteiger charge is 2.29. The molecule has 1 aliphatic heterocycles. The van der Waals surface area contributed by atoms with E-state index in [2.05, 4.69) is 32.0 Å². The van der Waals surface area contributed by atoms with Gasteiger partial charge < -0.3 is 37.1 Å². The molecule has 2 heterocycles. The van der Waals surface area contributed by atoms with Crippen molar-refractivity contribution in [2.75, 3.05) is 13.7 Å². The number of amides is 3. The number of aromatic nitrogens is 1. The number of esters is 1. The minimum absolute atomic E-state index is 0.0840. The third-order valence-electron chi connectivity index (χ3n) is 7.13. The molecule has 12 nitrogen and oxygen atoms in total. The van der Waals surface area contributed by atoms with E-state index in [1.807, 2.05) is 42.5 Å². The van der Waals surface area contributed by atoms with Crippen molar-refractivity contribution < 1.29 is 23.9 Å². The molecule has 1 aliphatic rings. The lowest BCUT2D eigenvalue weighted by Crippen LogP contribution is -2.56. The van der Waals surface area contributed by atoms with Crippen molar-refractivity contribution in [1.82, 2.24) is 20.9 Å². The van der Waals surface area contributed by atoms with Crippen LogP contribution in [0.1, 0.15) is 37.3 Å². The van der Waals surface area contributed by atoms with Crippen molar-refractivity contribution in [3.05, 3.63) is 59.7 Å². The highest BCUT2D eigenvalue weighted by atomic mass is 16.5. The fourth-order valence-electron chi connectivity index (χ4n) is 5.06. The van der Waals surface area contributed by atoms with E-state index < -0.39 is 35.9 Å². The predicted molar refractivity (Wildman–Crippen MR) is 160 cm³/mol. The third-order valence-corrected chi connectivity index (χ3v) is 7.13. The Balaban J connectivity index is 1.72. The van der Waals surface area contributed by atoms with Gasteiger partial charge in [0.15, 0.2) is 5.96 Å². The van der Waals surface area contributed by atoms with Crippen LogP contribution >= 0.6 is 0 Å². The van der Waals surface area contributed by atoms with Gasteiger partial charge in [0, 0.05) is 41.7 Å². The molecule has 2 aromatic carbocycles. The van der Waals surface area contributed by atoms with E-state index in [-0.39, 0.29) is 37.7 Å². The van der Waals surface area contributed by atoms with E-state index >= 15 is 0 Å². The van der Waals surface area contributed by atoms with Gasteiger partial charge in [-0.2, -0.15) is 0 Å². The number of nitrogens with zero attached hydrogens (tertiary/aromatic N) is 1. The van der Waals surface area contributed by atoms with Crippen molar-refractivity contribution in [3.8, 4) is 0 Å². The standard InChI is InChI=1S/C30H37N7O5/c1-17(38)34-26-16-19-10-12-23-21(15-19)20-14-18(9-11-22(20)35-23)6-3-4-7-25(29(41)42-2)37-27(39)24(36-28(26)40)8-5-13-33-30(31)32/h3-4,9-12,14-15,24-26,35H,5-8,13,16H2,1-2H3,(H,34,38)(H,36,40)(H,37,39)(H4,31,32,33)/b4-3+/t24-,25?,26?/m0/s1. The number of H-pyrrole nitrogens is 1. The van der Waals surface area contributed by atoms with E-state index in [1.165, 1.54) is 14.0 Å². The van der Waals surface area contributed by atoms with Crippen molar-refractivity contribution in [2.24, 2.45) is 16.5 Å². The van der Waals surface area contributed by atoms with Crippen LogP contribution in [0.2, 0.25) is 0 Å². The van der Waals surface area contributed by atoms with Gasteiger partial charge in [-0.05, 0) is 61.1 Å². The number of aromatic amines is 1. The first kappa shape index (κ1) is 30.1. The maximum Gasteiger partial charge on any atom is 0.328 e. The summed E-state index contributed by atoms with van der Waals surface area (Å²) in [4.78, 5) is 58.9. The van der Waals surface area contributed by atoms with Gasteiger partial charge in [-0.15, -0.1) is 0 Å². The zero-order valence-electron chi connectivity index (χ0n) is 23.7. The molecule has 3 atom stereocenters. The molecule has 2 unspecified atom stereocenters. The van der Waals surface area contributed by atoms with Gasteiger partial charge in [0.05, 0.1) is 7.11 Å². The zero-order valence-corrected chi connectivity index (χ0v) is 23.7. The molecule has 0 aliphatic carbocycles. The number of benzene rings is 2. The molecular weight excluding hydrogens is 538 g/mol. The predicted octanol–water partition coefficient (Wildman–Crippen LogP) is 1.07. The van der Waals surface area contributed by atoms with Crippen LogP contribution in [0.25, 0.3) is 21.8 Å². The SMILES string of the molecule is COC(=O)C1C/C=C/Cc2ccc3[nH]c4ccc(cc4c3c2)CC(NC(C)=O)C(=O)N[C@@H](CCCN=C(N)N)C(=O)N1. The molecule has 4 rings (SSSR count). The number of hydrogen-bond acceptors (Lipinski definition) is 6. The first-order chi connectivity index (χ1) is 20.1. The zero-order chi connectivity index (χ0) is 30.2. The molecule has 0 fully saturated rings. The minimum atomic E-state index is -1.02. The molecule has 0 spiro atoms. The van der Waals surface area contributed by atoms with Crippen LogP contribution in [0.4, 0.5) is 0 Å². The Kier molecular flexibility index (Phi) is 9.79. The number of rotatable bonds is 6. The maximum absolute atomic E-state index is 13.5. The smallest absolute Gasteiger partial charge is 0.328 e. The molecule has 12 heteroatoms. The minimum Gasteiger partial charge on any atom is -0.467 e. The van der Waals surface area contributed by atoms with E-state index in [0.717, 1.165) is 32.9 Å². The van der Waals surface area contributed by atoms with E-state index in [1.54, 1.807) is 0 Å². The van der Waals surface area contributed by atoms with E-state index in [4.69, 9.17) is 16.2 Å². The van der Waals surface area contributed by atoms with Gasteiger partial charge in [-0.1, -0.05) is 24.3 Å². The van der Waals surface area contributed by atoms with Crippen LogP contribution < -0.4 is 27.4 Å². The monoisotopic (exact) mass is 575 g/mol. The highest BCUT2D eigenvalue weighted by molar-refractivity contribution is 6.07. The molecule has 3 aromatic rings. The van der Waals surface area contributed by atoms with Gasteiger partial charge >= 0.3 is 5.97 Å². The topological polar surface area (TPSA) is 194 Å². The summed E-state index contributed by atoms with van der Waals surface area (Å²) in [5.74, 6) is -2.19. The number of ether oxygens (including phenoxy) is 1. The summed E-state index contributed by atoms with van der Waals surface area (Å²) in [6.07, 6.45) is 5.34. The molecule has 0 radical (unpaired) electrons. The molecule has 222 valence electrons. The summed E-state index contributed by atoms with van der Waals surface area (Å²) < 4.78 is 4.92. The first-order valence-electron chi connectivity index (χ1n) is 13.8. The Morgan fingerprint density at radius 1 is 1.00 bits per heavy atom. The molecule has 4 bridgehead atoms. The van der Waals surface area contributed by atoms with Gasteiger partial charge in [-0.3, -0.25) is 19.4 Å². The molecule has 42 heavy (non-hydrogen) atoms. The lowest BCUT2D eigenvalue weighted by molar-refractivity contribution is -0.145. The van der Waals surface area contributed by atoms with Crippen LogP contribution in [0.3, 0.4) is 0 Å². The maximum atomic E-state index is 13.5. The number of hydrogen-bond donors (Lipinski definition) is 6. The Morgan fingerprint density at radius 2 is 1.69 bits per heavy atom. The number of aliphatic imine (C=N–C) groups is 1. The Bertz CT molecular complexity index is 1540. The summed E-state index contributed by atoms with van der Waals surface area (Å²) >= 11 is 0. The average Bonchev–Trinajstić information content (AvgIpc) is 3.31. The van der Waals surface area contributed by atoms with Gasteiger partial charge in [-0.25, -0.2) is 4.79 Å².